The summed E-state index contributed by atoms with van der Waals surface area (Å²) in [5, 5.41) is 3.69. The number of nitrogens with zero attached hydrogens (tertiary/aromatic N) is 1. The molecule has 0 saturated carbocycles. The fourth-order valence-corrected chi connectivity index (χ4v) is 2.33. The highest BCUT2D eigenvalue weighted by atomic mass is 32.2. The number of ketones is 1. The molecule has 0 radical (unpaired) electrons. The molecule has 2 aromatic carbocycles. The molecule has 136 valence electrons. The quantitative estimate of drug-likeness (QED) is 0.221. The van der Waals surface area contributed by atoms with Gasteiger partial charge in [-0.05, 0) is 48.2 Å². The molecule has 6 nitrogen and oxygen atoms in total. The van der Waals surface area contributed by atoms with Gasteiger partial charge in [-0.25, -0.2) is 4.79 Å². The normalized spacial score (nSPS) is 10.5. The molecule has 0 aliphatic rings. The lowest BCUT2D eigenvalue weighted by atomic mass is 10.1. The van der Waals surface area contributed by atoms with Crippen LogP contribution in [0.4, 0.5) is 0 Å². The van der Waals surface area contributed by atoms with Gasteiger partial charge >= 0.3 is 5.97 Å². The summed E-state index contributed by atoms with van der Waals surface area (Å²) in [5.74, 6) is -0.196. The number of benzene rings is 2. The zero-order valence-corrected chi connectivity index (χ0v) is 15.3. The fourth-order valence-electron chi connectivity index (χ4n) is 1.93. The van der Waals surface area contributed by atoms with Crippen LogP contribution in [0.5, 0.6) is 5.75 Å². The molecule has 0 amide bonds. The van der Waals surface area contributed by atoms with Gasteiger partial charge in [0.15, 0.2) is 12.4 Å². The van der Waals surface area contributed by atoms with Gasteiger partial charge in [-0.15, -0.1) is 11.8 Å². The van der Waals surface area contributed by atoms with Gasteiger partial charge in [0.1, 0.15) is 5.75 Å². The molecule has 2 rings (SSSR count). The second kappa shape index (κ2) is 10.2. The Morgan fingerprint density at radius 3 is 2.35 bits per heavy atom. The molecule has 0 heterocycles. The van der Waals surface area contributed by atoms with Crippen molar-refractivity contribution in [2.45, 2.75) is 4.90 Å². The largest absolute Gasteiger partial charge is 0.497 e. The highest BCUT2D eigenvalue weighted by Gasteiger charge is 2.10. The van der Waals surface area contributed by atoms with Crippen LogP contribution in [-0.2, 0) is 14.4 Å². The van der Waals surface area contributed by atoms with Crippen LogP contribution >= 0.6 is 11.8 Å². The average Bonchev–Trinajstić information content (AvgIpc) is 2.70. The smallest absolute Gasteiger partial charge is 0.347 e. The number of esters is 1. The van der Waals surface area contributed by atoms with Crippen LogP contribution in [0.25, 0.3) is 0 Å². The van der Waals surface area contributed by atoms with Crippen molar-refractivity contribution < 1.29 is 23.9 Å². The van der Waals surface area contributed by atoms with Crippen LogP contribution in [0.15, 0.2) is 58.6 Å². The third kappa shape index (κ3) is 6.25. The molecular weight excluding hydrogens is 354 g/mol. The summed E-state index contributed by atoms with van der Waals surface area (Å²) in [5.41, 5.74) is 1.29. The van der Waals surface area contributed by atoms with E-state index in [1.165, 1.54) is 6.21 Å². The van der Waals surface area contributed by atoms with Crippen molar-refractivity contribution in [3.8, 4) is 5.75 Å². The SMILES string of the molecule is COc1ccc(C=NOCC(=O)OCC(=O)c2ccc(SC)cc2)cc1. The number of rotatable bonds is 9. The molecule has 26 heavy (non-hydrogen) atoms. The van der Waals surface area contributed by atoms with Crippen LogP contribution < -0.4 is 4.74 Å². The molecular formula is C19H19NO5S. The van der Waals surface area contributed by atoms with Gasteiger partial charge in [0.2, 0.25) is 6.61 Å². The number of hydrogen-bond acceptors (Lipinski definition) is 7. The minimum atomic E-state index is -0.661. The second-order valence-electron chi connectivity index (χ2n) is 5.09. The molecule has 0 atom stereocenters. The van der Waals surface area contributed by atoms with E-state index < -0.39 is 5.97 Å². The number of thioether (sulfide) groups is 1. The first kappa shape index (κ1) is 19.5. The summed E-state index contributed by atoms with van der Waals surface area (Å²) >= 11 is 1.59. The van der Waals surface area contributed by atoms with Crippen LogP contribution in [0.2, 0.25) is 0 Å². The van der Waals surface area contributed by atoms with E-state index in [0.717, 1.165) is 16.2 Å². The molecule has 0 saturated heterocycles. The van der Waals surface area contributed by atoms with Gasteiger partial charge in [0, 0.05) is 10.5 Å². The topological polar surface area (TPSA) is 74.2 Å². The number of carbonyl (C=O) groups excluding carboxylic acids is 2. The summed E-state index contributed by atoms with van der Waals surface area (Å²) < 4.78 is 9.94. The van der Waals surface area contributed by atoms with E-state index >= 15 is 0 Å². The maximum atomic E-state index is 12.0. The van der Waals surface area contributed by atoms with Crippen molar-refractivity contribution in [2.75, 3.05) is 26.6 Å². The zero-order valence-electron chi connectivity index (χ0n) is 14.5. The van der Waals surface area contributed by atoms with E-state index in [1.54, 1.807) is 55.3 Å². The minimum absolute atomic E-state index is 0.271. The minimum Gasteiger partial charge on any atom is -0.497 e. The number of methoxy groups -OCH3 is 1. The van der Waals surface area contributed by atoms with Gasteiger partial charge in [0.25, 0.3) is 0 Å². The molecule has 0 spiro atoms. The van der Waals surface area contributed by atoms with Crippen LogP contribution in [0, 0.1) is 0 Å². The van der Waals surface area contributed by atoms with Crippen LogP contribution in [0.3, 0.4) is 0 Å². The van der Waals surface area contributed by atoms with Crippen molar-refractivity contribution in [2.24, 2.45) is 5.16 Å². The molecule has 0 bridgehead atoms. The Labute approximate surface area is 156 Å². The van der Waals surface area contributed by atoms with Crippen LogP contribution in [0.1, 0.15) is 15.9 Å². The Balaban J connectivity index is 1.70. The van der Waals surface area contributed by atoms with Crippen molar-refractivity contribution >= 4 is 29.7 Å². The molecule has 2 aromatic rings. The van der Waals surface area contributed by atoms with Gasteiger partial charge in [0.05, 0.1) is 13.3 Å². The van der Waals surface area contributed by atoms with Crippen molar-refractivity contribution in [3.05, 3.63) is 59.7 Å². The first-order valence-corrected chi connectivity index (χ1v) is 8.97. The monoisotopic (exact) mass is 373 g/mol. The lowest BCUT2D eigenvalue weighted by molar-refractivity contribution is -0.147. The fraction of sp³-hybridized carbons (Fsp3) is 0.211. The lowest BCUT2D eigenvalue weighted by Crippen LogP contribution is -2.17. The Bertz CT molecular complexity index is 757. The summed E-state index contributed by atoms with van der Waals surface area (Å²) in [4.78, 5) is 29.5. The predicted molar refractivity (Wildman–Crippen MR) is 100 cm³/mol. The lowest BCUT2D eigenvalue weighted by Gasteiger charge is -2.04. The number of hydrogen-bond donors (Lipinski definition) is 0. The Kier molecular flexibility index (Phi) is 7.70. The van der Waals surface area contributed by atoms with Gasteiger partial charge in [-0.2, -0.15) is 0 Å². The highest BCUT2D eigenvalue weighted by Crippen LogP contribution is 2.15. The zero-order chi connectivity index (χ0) is 18.8. The number of oxime groups is 1. The summed E-state index contributed by atoms with van der Waals surface area (Å²) in [6, 6.07) is 14.3. The maximum Gasteiger partial charge on any atom is 0.347 e. The van der Waals surface area contributed by atoms with Gasteiger partial charge < -0.3 is 14.3 Å². The molecule has 0 unspecified atom stereocenters. The summed E-state index contributed by atoms with van der Waals surface area (Å²) in [6.07, 6.45) is 3.42. The van der Waals surface area contributed by atoms with Crippen molar-refractivity contribution in [1.29, 1.82) is 0 Å². The predicted octanol–water partition coefficient (Wildman–Crippen LogP) is 3.19. The Hall–Kier alpha value is -2.80. The van der Waals surface area contributed by atoms with Crippen molar-refractivity contribution in [1.82, 2.24) is 0 Å². The number of ether oxygens (including phenoxy) is 2. The van der Waals surface area contributed by atoms with Gasteiger partial charge in [-0.3, -0.25) is 4.79 Å². The Morgan fingerprint density at radius 2 is 1.73 bits per heavy atom. The molecule has 0 aliphatic carbocycles. The third-order valence-corrected chi connectivity index (χ3v) is 4.09. The van der Waals surface area contributed by atoms with Crippen LogP contribution in [-0.4, -0.2) is 44.5 Å². The maximum absolute atomic E-state index is 12.0. The second-order valence-corrected chi connectivity index (χ2v) is 5.97. The van der Waals surface area contributed by atoms with E-state index in [9.17, 15) is 9.59 Å². The Morgan fingerprint density at radius 1 is 1.04 bits per heavy atom. The van der Waals surface area contributed by atoms with E-state index in [4.69, 9.17) is 14.3 Å². The van der Waals surface area contributed by atoms with Gasteiger partial charge in [-0.1, -0.05) is 17.3 Å². The van der Waals surface area contributed by atoms with E-state index in [0.29, 0.717) is 5.56 Å². The molecule has 0 fully saturated rings. The standard InChI is InChI=1S/C19H19NO5S/c1-23-16-7-3-14(4-8-16)11-20-25-13-19(22)24-12-18(21)15-5-9-17(26-2)10-6-15/h3-11H,12-13H2,1-2H3. The highest BCUT2D eigenvalue weighted by molar-refractivity contribution is 7.98. The van der Waals surface area contributed by atoms with E-state index in [1.807, 2.05) is 18.4 Å². The molecule has 7 heteroatoms. The molecule has 0 aliphatic heterocycles. The molecule has 0 aromatic heterocycles. The first-order chi connectivity index (χ1) is 12.6. The summed E-state index contributed by atoms with van der Waals surface area (Å²) in [6.45, 7) is -0.700. The average molecular weight is 373 g/mol. The third-order valence-electron chi connectivity index (χ3n) is 3.35. The van der Waals surface area contributed by atoms with E-state index in [-0.39, 0.29) is 19.0 Å². The summed E-state index contributed by atoms with van der Waals surface area (Å²) in [7, 11) is 1.59. The van der Waals surface area contributed by atoms with E-state index in [2.05, 4.69) is 5.16 Å². The number of carbonyl (C=O) groups is 2. The van der Waals surface area contributed by atoms with Crippen molar-refractivity contribution in [3.63, 3.8) is 0 Å². The molecule has 0 N–H and O–H groups in total. The first-order valence-electron chi connectivity index (χ1n) is 7.74. The number of Topliss-reactive ketones (excluding diaryl/α,β-unsaturated/α-hetero) is 1.